The Labute approximate surface area is 242 Å². The molecule has 0 bridgehead atoms. The Hall–Kier alpha value is -4.29. The molecule has 0 saturated carbocycles. The number of pyridine rings is 1. The maximum atomic E-state index is 13.9. The molecule has 0 aliphatic carbocycles. The third kappa shape index (κ3) is 7.68. The lowest BCUT2D eigenvalue weighted by atomic mass is 9.95. The summed E-state index contributed by atoms with van der Waals surface area (Å²) in [6, 6.07) is 12.4. The highest BCUT2D eigenvalue weighted by molar-refractivity contribution is 5.68. The molecule has 8 nitrogen and oxygen atoms in total. The van der Waals surface area contributed by atoms with Crippen molar-refractivity contribution in [1.29, 1.82) is 5.26 Å². The number of carbonyl (C=O) groups is 1. The minimum atomic E-state index is -0.291. The Balaban J connectivity index is 2.05. The van der Waals surface area contributed by atoms with E-state index in [0.717, 1.165) is 29.5 Å². The lowest BCUT2D eigenvalue weighted by Crippen LogP contribution is -2.53. The summed E-state index contributed by atoms with van der Waals surface area (Å²) < 4.78 is 19.8. The van der Waals surface area contributed by atoms with Gasteiger partial charge in [0, 0.05) is 57.6 Å². The molecule has 0 spiro atoms. The van der Waals surface area contributed by atoms with Crippen LogP contribution in [0.2, 0.25) is 0 Å². The second kappa shape index (κ2) is 15.5. The normalized spacial score (nSPS) is 17.5. The van der Waals surface area contributed by atoms with Gasteiger partial charge in [-0.2, -0.15) is 5.26 Å². The maximum absolute atomic E-state index is 13.9. The van der Waals surface area contributed by atoms with Crippen molar-refractivity contribution in [1.82, 2.24) is 19.7 Å². The van der Waals surface area contributed by atoms with Gasteiger partial charge in [-0.25, -0.2) is 9.37 Å². The number of hydrogen-bond donors (Lipinski definition) is 0. The smallest absolute Gasteiger partial charge is 0.218 e. The molecule has 0 N–H and O–H groups in total. The van der Waals surface area contributed by atoms with E-state index in [0.29, 0.717) is 43.5 Å². The van der Waals surface area contributed by atoms with Crippen molar-refractivity contribution >= 4 is 13.0 Å². The zero-order chi connectivity index (χ0) is 29.8. The van der Waals surface area contributed by atoms with Gasteiger partial charge in [0.15, 0.2) is 0 Å². The van der Waals surface area contributed by atoms with Crippen LogP contribution in [0, 0.1) is 17.1 Å². The number of carbonyl (C=O) groups excluding carboxylic acids is 1. The number of benzene rings is 1. The summed E-state index contributed by atoms with van der Waals surface area (Å²) in [5, 5.41) is 9.00. The Kier molecular flexibility index (Phi) is 11.8. The van der Waals surface area contributed by atoms with Crippen LogP contribution in [-0.4, -0.2) is 79.1 Å². The average molecular weight is 559 g/mol. The lowest BCUT2D eigenvalue weighted by Gasteiger charge is -2.46. The molecule has 1 fully saturated rings. The van der Waals surface area contributed by atoms with Crippen molar-refractivity contribution in [3.63, 3.8) is 0 Å². The van der Waals surface area contributed by atoms with Crippen LogP contribution in [0.5, 0.6) is 5.88 Å². The minimum Gasteiger partial charge on any atom is -0.478 e. The number of allylic oxidation sites excluding steroid dienone is 3. The molecule has 9 heteroatoms. The average Bonchev–Trinajstić information content (AvgIpc) is 2.98. The summed E-state index contributed by atoms with van der Waals surface area (Å²) in [5.41, 5.74) is 3.86. The second-order valence-corrected chi connectivity index (χ2v) is 9.77. The fourth-order valence-corrected chi connectivity index (χ4v) is 5.21. The number of aliphatic imine (C=N–C) groups is 1. The molecule has 1 aliphatic rings. The zero-order valence-electron chi connectivity index (χ0n) is 24.3. The molecular formula is C32H39FN6O2. The van der Waals surface area contributed by atoms with Crippen molar-refractivity contribution in [3.05, 3.63) is 94.9 Å². The highest BCUT2D eigenvalue weighted by Crippen LogP contribution is 2.37. The molecule has 2 unspecified atom stereocenters. The van der Waals surface area contributed by atoms with E-state index in [9.17, 15) is 9.18 Å². The third-order valence-corrected chi connectivity index (χ3v) is 7.06. The molecular weight excluding hydrogens is 519 g/mol. The molecule has 2 aromatic rings. The molecule has 1 aromatic heterocycles. The van der Waals surface area contributed by atoms with Crippen molar-refractivity contribution < 1.29 is 13.9 Å². The van der Waals surface area contributed by atoms with Gasteiger partial charge in [-0.05, 0) is 49.9 Å². The summed E-state index contributed by atoms with van der Waals surface area (Å²) >= 11 is 0. The van der Waals surface area contributed by atoms with Gasteiger partial charge in [0.25, 0.3) is 0 Å². The van der Waals surface area contributed by atoms with E-state index in [1.807, 2.05) is 56.3 Å². The molecule has 41 heavy (non-hydrogen) atoms. The third-order valence-electron chi connectivity index (χ3n) is 7.06. The van der Waals surface area contributed by atoms with Crippen LogP contribution in [0.25, 0.3) is 0 Å². The Morgan fingerprint density at radius 3 is 2.66 bits per heavy atom. The molecule has 2 heterocycles. The van der Waals surface area contributed by atoms with E-state index < -0.39 is 0 Å². The largest absolute Gasteiger partial charge is 0.478 e. The van der Waals surface area contributed by atoms with Crippen LogP contribution in [0.3, 0.4) is 0 Å². The van der Waals surface area contributed by atoms with Crippen LogP contribution < -0.4 is 4.74 Å². The van der Waals surface area contributed by atoms with Crippen LogP contribution in [0.15, 0.2) is 82.9 Å². The van der Waals surface area contributed by atoms with Gasteiger partial charge in [0.2, 0.25) is 5.88 Å². The minimum absolute atomic E-state index is 0.0355. The first-order valence-corrected chi connectivity index (χ1v) is 13.8. The summed E-state index contributed by atoms with van der Waals surface area (Å²) in [7, 11) is 3.78. The van der Waals surface area contributed by atoms with Gasteiger partial charge < -0.3 is 14.5 Å². The van der Waals surface area contributed by atoms with Crippen molar-refractivity contribution in [2.24, 2.45) is 4.99 Å². The van der Waals surface area contributed by atoms with Crippen molar-refractivity contribution in [3.8, 4) is 11.9 Å². The van der Waals surface area contributed by atoms with E-state index in [2.05, 4.69) is 39.5 Å². The molecule has 1 saturated heterocycles. The van der Waals surface area contributed by atoms with Crippen molar-refractivity contribution in [2.75, 3.05) is 40.3 Å². The van der Waals surface area contributed by atoms with Crippen LogP contribution in [0.4, 0.5) is 4.39 Å². The topological polar surface area (TPSA) is 85.1 Å². The predicted octanol–water partition coefficient (Wildman–Crippen LogP) is 5.13. The second-order valence-electron chi connectivity index (χ2n) is 9.77. The predicted molar refractivity (Wildman–Crippen MR) is 160 cm³/mol. The molecule has 1 aromatic carbocycles. The molecule has 0 amide bonds. The summed E-state index contributed by atoms with van der Waals surface area (Å²) in [5.74, 6) is 0.266. The van der Waals surface area contributed by atoms with Gasteiger partial charge in [-0.15, -0.1) is 0 Å². The number of nitrogens with zero attached hydrogens (tertiary/aromatic N) is 6. The maximum Gasteiger partial charge on any atom is 0.218 e. The Bertz CT molecular complexity index is 1310. The van der Waals surface area contributed by atoms with E-state index >= 15 is 0 Å². The van der Waals surface area contributed by atoms with Gasteiger partial charge in [-0.3, -0.25) is 14.7 Å². The number of likely N-dealkylation sites (N-methyl/N-ethyl adjacent to an activating group) is 1. The number of aldehydes is 1. The number of nitriles is 1. The van der Waals surface area contributed by atoms with E-state index in [1.54, 1.807) is 12.3 Å². The van der Waals surface area contributed by atoms with Gasteiger partial charge >= 0.3 is 0 Å². The molecule has 1 aliphatic heterocycles. The highest BCUT2D eigenvalue weighted by atomic mass is 19.1. The van der Waals surface area contributed by atoms with E-state index in [4.69, 9.17) is 10.00 Å². The number of rotatable bonds is 13. The first-order valence-electron chi connectivity index (χ1n) is 13.8. The van der Waals surface area contributed by atoms with Crippen LogP contribution >= 0.6 is 0 Å². The highest BCUT2D eigenvalue weighted by Gasteiger charge is 2.35. The zero-order valence-corrected chi connectivity index (χ0v) is 24.3. The number of aromatic nitrogens is 1. The van der Waals surface area contributed by atoms with Gasteiger partial charge in [-0.1, -0.05) is 31.2 Å². The van der Waals surface area contributed by atoms with Crippen LogP contribution in [-0.2, 0) is 4.79 Å². The number of piperazine rings is 1. The Morgan fingerprint density at radius 2 is 2.05 bits per heavy atom. The summed E-state index contributed by atoms with van der Waals surface area (Å²) in [6.45, 7) is 10.3. The lowest BCUT2D eigenvalue weighted by molar-refractivity contribution is -0.104. The first-order chi connectivity index (χ1) is 19.9. The monoisotopic (exact) mass is 558 g/mol. The molecule has 0 radical (unpaired) electrons. The molecule has 216 valence electrons. The van der Waals surface area contributed by atoms with Gasteiger partial charge in [0.05, 0.1) is 36.5 Å². The fourth-order valence-electron chi connectivity index (χ4n) is 5.21. The molecule has 2 atom stereocenters. The van der Waals surface area contributed by atoms with Gasteiger partial charge in [0.1, 0.15) is 17.8 Å². The summed E-state index contributed by atoms with van der Waals surface area (Å²) in [4.78, 5) is 27.2. The van der Waals surface area contributed by atoms with Crippen molar-refractivity contribution in [2.45, 2.75) is 38.8 Å². The summed E-state index contributed by atoms with van der Waals surface area (Å²) in [6.07, 6.45) is 8.69. The van der Waals surface area contributed by atoms with Crippen LogP contribution in [0.1, 0.15) is 43.9 Å². The SMILES string of the molecule is C=NC(/C(=C\C=O)N1CCN(C(c2ccc(F)cc2)c2cccnc2OCC)CC1CC)=C(\C=C/CC#N)N(C)C. The number of ether oxygens (including phenoxy) is 1. The van der Waals surface area contributed by atoms with E-state index in [1.165, 1.54) is 18.2 Å². The number of hydrogen-bond acceptors (Lipinski definition) is 8. The fraction of sp³-hybridized carbons (Fsp3) is 0.375. The van der Waals surface area contributed by atoms with E-state index in [-0.39, 0.29) is 24.3 Å². The Morgan fingerprint density at radius 1 is 1.29 bits per heavy atom. The quantitative estimate of drug-likeness (QED) is 0.146. The molecule has 3 rings (SSSR count). The standard InChI is InChI=1S/C32H39FN6O2/c1-6-26-23-38(31(24-13-15-25(33)16-14-24)27-11-10-19-36-32(27)41-7-2)20-21-39(26)29(17-22-40)30(35-3)28(37(4)5)12-8-9-18-34/h8,10-17,19,22,26,31H,3,6-7,9,20-21,23H2,1-2,4-5H3/b12-8-,29-17+,30-28+. The number of halogens is 1. The first kappa shape index (κ1) is 31.2.